The Kier molecular flexibility index (Phi) is 4.90. The maximum absolute atomic E-state index is 12.3. The van der Waals surface area contributed by atoms with Gasteiger partial charge in [0.05, 0.1) is 21.4 Å². The summed E-state index contributed by atoms with van der Waals surface area (Å²) in [5, 5.41) is 1.07. The largest absolute Gasteiger partial charge is 0.398 e. The molecule has 0 aliphatic heterocycles. The molecular formula is C13H10BrCl2NOS. The lowest BCUT2D eigenvalue weighted by molar-refractivity contribution is 0.683. The molecule has 0 amide bonds. The summed E-state index contributed by atoms with van der Waals surface area (Å²) in [6.07, 6.45) is 0. The van der Waals surface area contributed by atoms with Crippen LogP contribution in [0.15, 0.2) is 45.8 Å². The Balaban J connectivity index is 2.28. The van der Waals surface area contributed by atoms with E-state index in [-0.39, 0.29) is 0 Å². The van der Waals surface area contributed by atoms with Crippen LogP contribution in [-0.2, 0) is 16.6 Å². The van der Waals surface area contributed by atoms with Crippen molar-refractivity contribution < 1.29 is 4.21 Å². The molecule has 1 unspecified atom stereocenters. The first-order valence-electron chi connectivity index (χ1n) is 5.34. The molecule has 2 nitrogen and oxygen atoms in total. The Hall–Kier alpha value is -0.550. The standard InChI is InChI=1S/C13H10BrCl2NOS/c14-9-2-4-12(17)13(5-9)19(18)7-8-1-3-10(15)6-11(8)16/h1-6H,7,17H2. The molecule has 19 heavy (non-hydrogen) atoms. The molecular weight excluding hydrogens is 369 g/mol. The molecule has 0 saturated heterocycles. The fraction of sp³-hybridized carbons (Fsp3) is 0.0769. The van der Waals surface area contributed by atoms with Gasteiger partial charge in [0, 0.05) is 20.2 Å². The van der Waals surface area contributed by atoms with E-state index in [1.54, 1.807) is 30.3 Å². The smallest absolute Gasteiger partial charge is 0.0632 e. The summed E-state index contributed by atoms with van der Waals surface area (Å²) >= 11 is 15.2. The zero-order chi connectivity index (χ0) is 14.0. The average Bonchev–Trinajstić information content (AvgIpc) is 2.35. The van der Waals surface area contributed by atoms with Gasteiger partial charge in [0.1, 0.15) is 0 Å². The van der Waals surface area contributed by atoms with E-state index in [2.05, 4.69) is 15.9 Å². The van der Waals surface area contributed by atoms with Gasteiger partial charge in [-0.25, -0.2) is 0 Å². The van der Waals surface area contributed by atoms with Crippen molar-refractivity contribution >= 4 is 55.6 Å². The highest BCUT2D eigenvalue weighted by Gasteiger charge is 2.12. The molecule has 2 aromatic carbocycles. The van der Waals surface area contributed by atoms with E-state index in [9.17, 15) is 4.21 Å². The van der Waals surface area contributed by atoms with Crippen LogP contribution in [0.2, 0.25) is 10.0 Å². The van der Waals surface area contributed by atoms with Crippen molar-refractivity contribution in [2.45, 2.75) is 10.6 Å². The minimum absolute atomic E-state index is 0.302. The van der Waals surface area contributed by atoms with Gasteiger partial charge in [0.25, 0.3) is 0 Å². The monoisotopic (exact) mass is 377 g/mol. The average molecular weight is 379 g/mol. The van der Waals surface area contributed by atoms with Gasteiger partial charge in [0.2, 0.25) is 0 Å². The van der Waals surface area contributed by atoms with Crippen molar-refractivity contribution in [2.75, 3.05) is 5.73 Å². The van der Waals surface area contributed by atoms with E-state index < -0.39 is 10.8 Å². The minimum atomic E-state index is -1.26. The summed E-state index contributed by atoms with van der Waals surface area (Å²) in [7, 11) is -1.26. The van der Waals surface area contributed by atoms with Crippen molar-refractivity contribution in [2.24, 2.45) is 0 Å². The number of benzene rings is 2. The van der Waals surface area contributed by atoms with Gasteiger partial charge >= 0.3 is 0 Å². The van der Waals surface area contributed by atoms with Crippen LogP contribution in [0, 0.1) is 0 Å². The summed E-state index contributed by atoms with van der Waals surface area (Å²) in [6.45, 7) is 0. The Morgan fingerprint density at radius 1 is 1.16 bits per heavy atom. The first-order chi connectivity index (χ1) is 8.97. The van der Waals surface area contributed by atoms with Crippen LogP contribution < -0.4 is 5.73 Å². The van der Waals surface area contributed by atoms with Crippen LogP contribution in [0.4, 0.5) is 5.69 Å². The second-order valence-electron chi connectivity index (χ2n) is 3.91. The third kappa shape index (κ3) is 3.72. The normalized spacial score (nSPS) is 12.4. The second kappa shape index (κ2) is 6.27. The maximum Gasteiger partial charge on any atom is 0.0632 e. The molecule has 0 spiro atoms. The van der Waals surface area contributed by atoms with Gasteiger partial charge < -0.3 is 5.73 Å². The number of nitrogens with two attached hydrogens (primary N) is 1. The summed E-state index contributed by atoms with van der Waals surface area (Å²) in [5.74, 6) is 0.302. The minimum Gasteiger partial charge on any atom is -0.398 e. The van der Waals surface area contributed by atoms with E-state index >= 15 is 0 Å². The zero-order valence-electron chi connectivity index (χ0n) is 9.70. The molecule has 2 rings (SSSR count). The number of halogens is 3. The topological polar surface area (TPSA) is 43.1 Å². The van der Waals surface area contributed by atoms with Gasteiger partial charge in [-0.05, 0) is 35.9 Å². The van der Waals surface area contributed by atoms with Crippen molar-refractivity contribution in [3.8, 4) is 0 Å². The summed E-state index contributed by atoms with van der Waals surface area (Å²) in [5.41, 5.74) is 7.13. The van der Waals surface area contributed by atoms with Crippen molar-refractivity contribution in [1.29, 1.82) is 0 Å². The van der Waals surface area contributed by atoms with Crippen LogP contribution in [0.25, 0.3) is 0 Å². The van der Waals surface area contributed by atoms with Crippen molar-refractivity contribution in [3.05, 3.63) is 56.5 Å². The van der Waals surface area contributed by atoms with Crippen molar-refractivity contribution in [1.82, 2.24) is 0 Å². The molecule has 0 aliphatic rings. The van der Waals surface area contributed by atoms with E-state index in [4.69, 9.17) is 28.9 Å². The summed E-state index contributed by atoms with van der Waals surface area (Å²) < 4.78 is 13.2. The molecule has 0 saturated carbocycles. The lowest BCUT2D eigenvalue weighted by Gasteiger charge is -2.08. The molecule has 2 N–H and O–H groups in total. The van der Waals surface area contributed by atoms with Gasteiger partial charge in [0.15, 0.2) is 0 Å². The van der Waals surface area contributed by atoms with E-state index in [1.165, 1.54) is 0 Å². The molecule has 6 heteroatoms. The van der Waals surface area contributed by atoms with Crippen LogP contribution in [0.5, 0.6) is 0 Å². The molecule has 0 bridgehead atoms. The zero-order valence-corrected chi connectivity index (χ0v) is 13.6. The third-order valence-electron chi connectivity index (χ3n) is 2.52. The fourth-order valence-electron chi connectivity index (χ4n) is 1.56. The predicted octanol–water partition coefficient (Wildman–Crippen LogP) is 4.65. The quantitative estimate of drug-likeness (QED) is 0.790. The number of hydrogen-bond donors (Lipinski definition) is 1. The highest BCUT2D eigenvalue weighted by atomic mass is 79.9. The molecule has 0 aromatic heterocycles. The molecule has 1 atom stereocenters. The van der Waals surface area contributed by atoms with Gasteiger partial charge in [-0.1, -0.05) is 45.2 Å². The van der Waals surface area contributed by atoms with Gasteiger partial charge in [-0.3, -0.25) is 4.21 Å². The number of nitrogen functional groups attached to an aromatic ring is 1. The molecule has 0 aliphatic carbocycles. The molecule has 0 radical (unpaired) electrons. The lowest BCUT2D eigenvalue weighted by atomic mass is 10.2. The van der Waals surface area contributed by atoms with Gasteiger partial charge in [-0.15, -0.1) is 0 Å². The SMILES string of the molecule is Nc1ccc(Br)cc1S(=O)Cc1ccc(Cl)cc1Cl. The molecule has 0 fully saturated rings. The molecule has 100 valence electrons. The molecule has 0 heterocycles. The van der Waals surface area contributed by atoms with Crippen LogP contribution >= 0.6 is 39.1 Å². The van der Waals surface area contributed by atoms with E-state index in [0.717, 1.165) is 10.0 Å². The summed E-state index contributed by atoms with van der Waals surface area (Å²) in [4.78, 5) is 0.598. The Morgan fingerprint density at radius 3 is 2.58 bits per heavy atom. The summed E-state index contributed by atoms with van der Waals surface area (Å²) in [6, 6.07) is 10.4. The Bertz CT molecular complexity index is 649. The van der Waals surface area contributed by atoms with Crippen molar-refractivity contribution in [3.63, 3.8) is 0 Å². The Labute approximate surface area is 132 Å². The first kappa shape index (κ1) is 14.9. The van der Waals surface area contributed by atoms with Crippen LogP contribution in [-0.4, -0.2) is 4.21 Å². The maximum atomic E-state index is 12.3. The first-order valence-corrected chi connectivity index (χ1v) is 8.21. The highest BCUT2D eigenvalue weighted by molar-refractivity contribution is 9.10. The second-order valence-corrected chi connectivity index (χ2v) is 7.09. The third-order valence-corrected chi connectivity index (χ3v) is 5.02. The van der Waals surface area contributed by atoms with Crippen LogP contribution in [0.3, 0.4) is 0 Å². The van der Waals surface area contributed by atoms with Crippen LogP contribution in [0.1, 0.15) is 5.56 Å². The van der Waals surface area contributed by atoms with E-state index in [0.29, 0.717) is 26.4 Å². The number of hydrogen-bond acceptors (Lipinski definition) is 2. The predicted molar refractivity (Wildman–Crippen MR) is 85.1 cm³/mol. The van der Waals surface area contributed by atoms with E-state index in [1.807, 2.05) is 6.07 Å². The molecule has 2 aromatic rings. The highest BCUT2D eigenvalue weighted by Crippen LogP contribution is 2.27. The number of anilines is 1. The Morgan fingerprint density at radius 2 is 1.89 bits per heavy atom. The number of rotatable bonds is 3. The van der Waals surface area contributed by atoms with Gasteiger partial charge in [-0.2, -0.15) is 0 Å². The lowest BCUT2D eigenvalue weighted by Crippen LogP contribution is -2.01. The fourth-order valence-corrected chi connectivity index (χ4v) is 3.91.